The van der Waals surface area contributed by atoms with Gasteiger partial charge in [-0.15, -0.1) is 0 Å². The Morgan fingerprint density at radius 2 is 1.95 bits per heavy atom. The van der Waals surface area contributed by atoms with Crippen LogP contribution >= 0.6 is 0 Å². The molecule has 2 fully saturated rings. The number of aryl methyl sites for hydroxylation is 1. The summed E-state index contributed by atoms with van der Waals surface area (Å²) in [5.41, 5.74) is 2.66. The molecule has 1 unspecified atom stereocenters. The van der Waals surface area contributed by atoms with E-state index in [9.17, 15) is 4.79 Å². The highest BCUT2D eigenvalue weighted by Crippen LogP contribution is 2.39. The van der Waals surface area contributed by atoms with E-state index in [1.165, 1.54) is 11.3 Å². The molecule has 0 spiro atoms. The summed E-state index contributed by atoms with van der Waals surface area (Å²) in [7, 11) is 0. The smallest absolute Gasteiger partial charge is 0.306 e. The molecule has 1 aliphatic heterocycles. The number of carboxylic acid groups (broad SMARTS) is 1. The van der Waals surface area contributed by atoms with Gasteiger partial charge in [0.05, 0.1) is 5.92 Å². The number of benzene rings is 1. The topological polar surface area (TPSA) is 43.8 Å². The normalized spacial score (nSPS) is 26.6. The lowest BCUT2D eigenvalue weighted by Crippen LogP contribution is -2.47. The number of rotatable bonds is 4. The number of nitrogens with zero attached hydrogens (tertiary/aromatic N) is 2. The Kier molecular flexibility index (Phi) is 3.66. The predicted molar refractivity (Wildman–Crippen MR) is 79.1 cm³/mol. The number of carboxylic acids is 1. The first kappa shape index (κ1) is 13.4. The van der Waals surface area contributed by atoms with Crippen LogP contribution in [0, 0.1) is 18.8 Å². The molecule has 2 aliphatic rings. The number of para-hydroxylation sites is 1. The van der Waals surface area contributed by atoms with Crippen LogP contribution in [0.4, 0.5) is 5.69 Å². The van der Waals surface area contributed by atoms with Crippen LogP contribution in [0.15, 0.2) is 24.3 Å². The maximum absolute atomic E-state index is 10.9. The van der Waals surface area contributed by atoms with Crippen molar-refractivity contribution < 1.29 is 9.90 Å². The lowest BCUT2D eigenvalue weighted by atomic mass is 10.1. The van der Waals surface area contributed by atoms with Crippen molar-refractivity contribution in [2.45, 2.75) is 13.3 Å². The molecule has 1 aromatic carbocycles. The van der Waals surface area contributed by atoms with Gasteiger partial charge in [-0.2, -0.15) is 0 Å². The van der Waals surface area contributed by atoms with Crippen LogP contribution in [0.2, 0.25) is 0 Å². The van der Waals surface area contributed by atoms with Crippen molar-refractivity contribution >= 4 is 11.7 Å². The summed E-state index contributed by atoms with van der Waals surface area (Å²) in [6.07, 6.45) is 0.868. The number of anilines is 1. The van der Waals surface area contributed by atoms with Gasteiger partial charge in [0, 0.05) is 38.4 Å². The fourth-order valence-electron chi connectivity index (χ4n) is 3.17. The third-order valence-electron chi connectivity index (χ3n) is 4.56. The van der Waals surface area contributed by atoms with Gasteiger partial charge in [0.15, 0.2) is 0 Å². The monoisotopic (exact) mass is 274 g/mol. The molecule has 1 saturated carbocycles. The molecule has 0 aromatic heterocycles. The maximum atomic E-state index is 10.9. The highest BCUT2D eigenvalue weighted by atomic mass is 16.4. The van der Waals surface area contributed by atoms with Crippen LogP contribution < -0.4 is 4.90 Å². The predicted octanol–water partition coefficient (Wildman–Crippen LogP) is 1.84. The summed E-state index contributed by atoms with van der Waals surface area (Å²) in [4.78, 5) is 15.7. The van der Waals surface area contributed by atoms with E-state index in [0.717, 1.165) is 39.1 Å². The molecule has 20 heavy (non-hydrogen) atoms. The minimum atomic E-state index is -0.617. The molecule has 1 aliphatic carbocycles. The molecule has 2 atom stereocenters. The molecular formula is C16H22N2O2. The van der Waals surface area contributed by atoms with Crippen molar-refractivity contribution in [3.05, 3.63) is 29.8 Å². The van der Waals surface area contributed by atoms with Crippen molar-refractivity contribution in [2.75, 3.05) is 37.6 Å². The Morgan fingerprint density at radius 1 is 1.25 bits per heavy atom. The Bertz CT molecular complexity index is 495. The SMILES string of the molecule is Cc1ccccc1N1CCN(C[C@@H]2CC2C(=O)O)CC1. The zero-order valence-electron chi connectivity index (χ0n) is 12.0. The van der Waals surface area contributed by atoms with Gasteiger partial charge in [-0.1, -0.05) is 18.2 Å². The van der Waals surface area contributed by atoms with Crippen molar-refractivity contribution in [1.82, 2.24) is 4.90 Å². The van der Waals surface area contributed by atoms with Crippen molar-refractivity contribution in [3.8, 4) is 0 Å². The zero-order chi connectivity index (χ0) is 14.1. The van der Waals surface area contributed by atoms with E-state index in [-0.39, 0.29) is 5.92 Å². The number of carbonyl (C=O) groups is 1. The van der Waals surface area contributed by atoms with Gasteiger partial charge >= 0.3 is 5.97 Å². The van der Waals surface area contributed by atoms with Gasteiger partial charge in [0.25, 0.3) is 0 Å². The highest BCUT2D eigenvalue weighted by Gasteiger charge is 2.43. The second-order valence-electron chi connectivity index (χ2n) is 6.01. The number of hydrogen-bond acceptors (Lipinski definition) is 3. The van der Waals surface area contributed by atoms with Gasteiger partial charge in [0.1, 0.15) is 0 Å². The summed E-state index contributed by atoms with van der Waals surface area (Å²) in [6.45, 7) is 7.26. The van der Waals surface area contributed by atoms with Gasteiger partial charge in [-0.3, -0.25) is 9.69 Å². The second-order valence-corrected chi connectivity index (χ2v) is 6.01. The van der Waals surface area contributed by atoms with Crippen molar-refractivity contribution in [1.29, 1.82) is 0 Å². The van der Waals surface area contributed by atoms with Crippen LogP contribution in [0.25, 0.3) is 0 Å². The van der Waals surface area contributed by atoms with Crippen molar-refractivity contribution in [3.63, 3.8) is 0 Å². The Hall–Kier alpha value is -1.55. The number of piperazine rings is 1. The molecule has 4 nitrogen and oxygen atoms in total. The van der Waals surface area contributed by atoms with E-state index in [0.29, 0.717) is 5.92 Å². The van der Waals surface area contributed by atoms with E-state index in [4.69, 9.17) is 5.11 Å². The molecule has 0 radical (unpaired) electrons. The molecule has 4 heteroatoms. The molecule has 1 aromatic rings. The molecule has 0 bridgehead atoms. The quantitative estimate of drug-likeness (QED) is 0.910. The molecule has 108 valence electrons. The standard InChI is InChI=1S/C16H22N2O2/c1-12-4-2-3-5-15(12)18-8-6-17(7-9-18)11-13-10-14(13)16(19)20/h2-5,13-14H,6-11H2,1H3,(H,19,20)/t13-,14?/m0/s1. The number of hydrogen-bond donors (Lipinski definition) is 1. The Labute approximate surface area is 120 Å². The second kappa shape index (κ2) is 5.44. The fraction of sp³-hybridized carbons (Fsp3) is 0.562. The average Bonchev–Trinajstić information content (AvgIpc) is 3.20. The van der Waals surface area contributed by atoms with E-state index < -0.39 is 5.97 Å². The van der Waals surface area contributed by atoms with Crippen LogP contribution in [0.5, 0.6) is 0 Å². The summed E-state index contributed by atoms with van der Waals surface area (Å²) in [6, 6.07) is 8.51. The summed E-state index contributed by atoms with van der Waals surface area (Å²) >= 11 is 0. The first-order valence-corrected chi connectivity index (χ1v) is 7.41. The van der Waals surface area contributed by atoms with Crippen LogP contribution in [0.3, 0.4) is 0 Å². The maximum Gasteiger partial charge on any atom is 0.306 e. The van der Waals surface area contributed by atoms with Gasteiger partial charge in [-0.05, 0) is 30.9 Å². The van der Waals surface area contributed by atoms with Crippen molar-refractivity contribution in [2.24, 2.45) is 11.8 Å². The first-order valence-electron chi connectivity index (χ1n) is 7.41. The molecule has 3 rings (SSSR count). The minimum Gasteiger partial charge on any atom is -0.481 e. The molecule has 0 amide bonds. The van der Waals surface area contributed by atoms with Crippen LogP contribution in [0.1, 0.15) is 12.0 Å². The molecular weight excluding hydrogens is 252 g/mol. The third kappa shape index (κ3) is 2.80. The van der Waals surface area contributed by atoms with Crippen LogP contribution in [-0.4, -0.2) is 48.7 Å². The largest absolute Gasteiger partial charge is 0.481 e. The first-order chi connectivity index (χ1) is 9.65. The van der Waals surface area contributed by atoms with E-state index >= 15 is 0 Å². The summed E-state index contributed by atoms with van der Waals surface area (Å²) in [5, 5.41) is 8.95. The van der Waals surface area contributed by atoms with Gasteiger partial charge in [0.2, 0.25) is 0 Å². The van der Waals surface area contributed by atoms with E-state index in [1.54, 1.807) is 0 Å². The Balaban J connectivity index is 1.50. The molecule has 1 N–H and O–H groups in total. The lowest BCUT2D eigenvalue weighted by molar-refractivity contribution is -0.138. The van der Waals surface area contributed by atoms with E-state index in [2.05, 4.69) is 41.0 Å². The summed E-state index contributed by atoms with van der Waals surface area (Å²) < 4.78 is 0. The van der Waals surface area contributed by atoms with E-state index in [1.807, 2.05) is 0 Å². The van der Waals surface area contributed by atoms with Crippen LogP contribution in [-0.2, 0) is 4.79 Å². The fourth-order valence-corrected chi connectivity index (χ4v) is 3.17. The van der Waals surface area contributed by atoms with Gasteiger partial charge < -0.3 is 10.0 Å². The highest BCUT2D eigenvalue weighted by molar-refractivity contribution is 5.73. The average molecular weight is 274 g/mol. The summed E-state index contributed by atoms with van der Waals surface area (Å²) in [5.74, 6) is -0.310. The third-order valence-corrected chi connectivity index (χ3v) is 4.56. The molecule has 1 saturated heterocycles. The zero-order valence-corrected chi connectivity index (χ0v) is 12.0. The molecule has 1 heterocycles. The lowest BCUT2D eigenvalue weighted by Gasteiger charge is -2.36. The number of aliphatic carboxylic acids is 1. The minimum absolute atomic E-state index is 0.0793. The Morgan fingerprint density at radius 3 is 2.55 bits per heavy atom. The van der Waals surface area contributed by atoms with Gasteiger partial charge in [-0.25, -0.2) is 0 Å².